The van der Waals surface area contributed by atoms with Crippen LogP contribution in [0.1, 0.15) is 52.6 Å². The Kier molecular flexibility index (Phi) is 6.11. The molecule has 8 nitrogen and oxygen atoms in total. The zero-order chi connectivity index (χ0) is 23.9. The van der Waals surface area contributed by atoms with Gasteiger partial charge in [0.2, 0.25) is 0 Å². The third kappa shape index (κ3) is 4.43. The number of carbonyl (C=O) groups is 1. The summed E-state index contributed by atoms with van der Waals surface area (Å²) in [7, 11) is -2.09. The molecule has 33 heavy (non-hydrogen) atoms. The highest BCUT2D eigenvalue weighted by Gasteiger charge is 2.32. The molecule has 1 fully saturated rings. The fourth-order valence-electron chi connectivity index (χ4n) is 4.49. The van der Waals surface area contributed by atoms with Crippen molar-refractivity contribution in [2.75, 3.05) is 13.4 Å². The van der Waals surface area contributed by atoms with Gasteiger partial charge in [-0.25, -0.2) is 18.2 Å². The van der Waals surface area contributed by atoms with Crippen LogP contribution in [-0.2, 0) is 21.0 Å². The van der Waals surface area contributed by atoms with E-state index in [0.717, 1.165) is 6.26 Å². The third-order valence-corrected chi connectivity index (χ3v) is 7.27. The Labute approximate surface area is 191 Å². The van der Waals surface area contributed by atoms with Crippen molar-refractivity contribution in [3.8, 4) is 0 Å². The summed E-state index contributed by atoms with van der Waals surface area (Å²) in [5, 5.41) is 10.6. The number of nitrogens with zero attached hydrogens (tertiary/aromatic N) is 2. The summed E-state index contributed by atoms with van der Waals surface area (Å²) in [6.07, 6.45) is 2.43. The van der Waals surface area contributed by atoms with Gasteiger partial charge in [-0.1, -0.05) is 12.1 Å². The highest BCUT2D eigenvalue weighted by atomic mass is 32.2. The number of hydrogen-bond acceptors (Lipinski definition) is 7. The number of aryl methyl sites for hydroxylation is 1. The number of pyridine rings is 2. The van der Waals surface area contributed by atoms with Crippen molar-refractivity contribution in [2.45, 2.75) is 49.6 Å². The largest absolute Gasteiger partial charge is 0.464 e. The number of hydrogen-bond donors (Lipinski definition) is 1. The standard InChI is InChI=1S/C24H26N2O6S/c1-14-4-11-19-22(28)20(12-15-5-9-18(10-6-15)33(3,30)31)21(24(29)32-2)26(23(19)25-14)16-7-8-17(27)13-16/h4-6,9-11,16-17,27H,7-8,12-13H2,1-3H3. The number of ether oxygens (including phenoxy) is 1. The number of rotatable bonds is 5. The Balaban J connectivity index is 1.97. The average molecular weight is 471 g/mol. The van der Waals surface area contributed by atoms with Crippen LogP contribution >= 0.6 is 0 Å². The Bertz CT molecular complexity index is 1390. The molecule has 4 rings (SSSR count). The topological polar surface area (TPSA) is 116 Å². The van der Waals surface area contributed by atoms with Crippen LogP contribution in [0.2, 0.25) is 0 Å². The molecule has 0 spiro atoms. The van der Waals surface area contributed by atoms with E-state index in [9.17, 15) is 23.1 Å². The van der Waals surface area contributed by atoms with Gasteiger partial charge in [-0.2, -0.15) is 0 Å². The molecular formula is C24H26N2O6S. The van der Waals surface area contributed by atoms with Gasteiger partial charge in [0.15, 0.2) is 15.3 Å². The van der Waals surface area contributed by atoms with Crippen LogP contribution in [0.4, 0.5) is 0 Å². The number of aromatic nitrogens is 2. The summed E-state index contributed by atoms with van der Waals surface area (Å²) in [5.74, 6) is -0.651. The van der Waals surface area contributed by atoms with Crippen LogP contribution in [0.3, 0.4) is 0 Å². The van der Waals surface area contributed by atoms with Crippen molar-refractivity contribution in [2.24, 2.45) is 0 Å². The molecule has 1 N–H and O–H groups in total. The zero-order valence-corrected chi connectivity index (χ0v) is 19.6. The summed E-state index contributed by atoms with van der Waals surface area (Å²) in [5.41, 5.74) is 1.85. The molecule has 3 aromatic rings. The molecule has 2 heterocycles. The van der Waals surface area contributed by atoms with Crippen LogP contribution in [0.5, 0.6) is 0 Å². The average Bonchev–Trinajstić information content (AvgIpc) is 3.20. The van der Waals surface area contributed by atoms with Crippen LogP contribution in [-0.4, -0.2) is 48.5 Å². The molecule has 1 aliphatic rings. The first kappa shape index (κ1) is 23.1. The van der Waals surface area contributed by atoms with E-state index < -0.39 is 21.9 Å². The summed E-state index contributed by atoms with van der Waals surface area (Å²) >= 11 is 0. The van der Waals surface area contributed by atoms with Crippen LogP contribution in [0, 0.1) is 6.92 Å². The smallest absolute Gasteiger partial charge is 0.355 e. The number of sulfone groups is 1. The van der Waals surface area contributed by atoms with E-state index in [1.165, 1.54) is 19.2 Å². The lowest BCUT2D eigenvalue weighted by Gasteiger charge is -2.23. The first-order valence-electron chi connectivity index (χ1n) is 10.7. The molecule has 1 aliphatic carbocycles. The SMILES string of the molecule is COC(=O)c1c(Cc2ccc(S(C)(=O)=O)cc2)c(=O)c2ccc(C)nc2n1C1CCC(O)C1. The fraction of sp³-hybridized carbons (Fsp3) is 0.375. The summed E-state index contributed by atoms with van der Waals surface area (Å²) in [4.78, 5) is 31.3. The molecule has 0 saturated heterocycles. The van der Waals surface area contributed by atoms with Crippen molar-refractivity contribution in [3.63, 3.8) is 0 Å². The van der Waals surface area contributed by atoms with Crippen molar-refractivity contribution in [1.82, 2.24) is 9.55 Å². The summed E-state index contributed by atoms with van der Waals surface area (Å²) in [6.45, 7) is 1.81. The second-order valence-corrected chi connectivity index (χ2v) is 10.6. The molecule has 0 aliphatic heterocycles. The number of carbonyl (C=O) groups excluding carboxylic acids is 1. The van der Waals surface area contributed by atoms with E-state index in [1.807, 2.05) is 6.92 Å². The summed E-state index contributed by atoms with van der Waals surface area (Å²) < 4.78 is 30.4. The molecule has 2 aromatic heterocycles. The van der Waals surface area contributed by atoms with Gasteiger partial charge in [-0.3, -0.25) is 4.79 Å². The highest BCUT2D eigenvalue weighted by molar-refractivity contribution is 7.90. The molecule has 2 atom stereocenters. The summed E-state index contributed by atoms with van der Waals surface area (Å²) in [6, 6.07) is 9.49. The molecule has 0 radical (unpaired) electrons. The molecular weight excluding hydrogens is 444 g/mol. The molecule has 2 unspecified atom stereocenters. The van der Waals surface area contributed by atoms with Crippen molar-refractivity contribution >= 4 is 26.8 Å². The Morgan fingerprint density at radius 3 is 2.45 bits per heavy atom. The van der Waals surface area contributed by atoms with Crippen LogP contribution < -0.4 is 5.43 Å². The first-order chi connectivity index (χ1) is 15.6. The van der Waals surface area contributed by atoms with E-state index in [2.05, 4.69) is 4.98 Å². The maximum atomic E-state index is 13.5. The monoisotopic (exact) mass is 470 g/mol. The number of fused-ring (bicyclic) bond motifs is 1. The van der Waals surface area contributed by atoms with E-state index in [0.29, 0.717) is 41.6 Å². The Morgan fingerprint density at radius 2 is 1.88 bits per heavy atom. The second kappa shape index (κ2) is 8.72. The Hall–Kier alpha value is -3.04. The number of esters is 1. The lowest BCUT2D eigenvalue weighted by atomic mass is 9.99. The van der Waals surface area contributed by atoms with Crippen molar-refractivity contribution in [1.29, 1.82) is 0 Å². The Morgan fingerprint density at radius 1 is 1.18 bits per heavy atom. The maximum absolute atomic E-state index is 13.5. The molecule has 0 bridgehead atoms. The predicted octanol–water partition coefficient (Wildman–Crippen LogP) is 2.57. The lowest BCUT2D eigenvalue weighted by Crippen LogP contribution is -2.28. The number of methoxy groups -OCH3 is 1. The van der Waals surface area contributed by atoms with Gasteiger partial charge in [0, 0.05) is 30.0 Å². The van der Waals surface area contributed by atoms with E-state index in [4.69, 9.17) is 4.74 Å². The normalized spacial score (nSPS) is 18.5. The van der Waals surface area contributed by atoms with Crippen LogP contribution in [0.25, 0.3) is 11.0 Å². The molecule has 9 heteroatoms. The quantitative estimate of drug-likeness (QED) is 0.570. The molecule has 1 aromatic carbocycles. The second-order valence-electron chi connectivity index (χ2n) is 8.56. The van der Waals surface area contributed by atoms with Gasteiger partial charge in [0.05, 0.1) is 23.5 Å². The zero-order valence-electron chi connectivity index (χ0n) is 18.7. The number of aliphatic hydroxyl groups excluding tert-OH is 1. The first-order valence-corrected chi connectivity index (χ1v) is 12.6. The van der Waals surface area contributed by atoms with Crippen molar-refractivity contribution < 1.29 is 23.1 Å². The van der Waals surface area contributed by atoms with Gasteiger partial charge in [-0.15, -0.1) is 0 Å². The van der Waals surface area contributed by atoms with Gasteiger partial charge < -0.3 is 14.4 Å². The third-order valence-electron chi connectivity index (χ3n) is 6.14. The van der Waals surface area contributed by atoms with Gasteiger partial charge >= 0.3 is 5.97 Å². The van der Waals surface area contributed by atoms with E-state index >= 15 is 0 Å². The molecule has 1 saturated carbocycles. The van der Waals surface area contributed by atoms with E-state index in [1.54, 1.807) is 28.8 Å². The minimum Gasteiger partial charge on any atom is -0.464 e. The van der Waals surface area contributed by atoms with Gasteiger partial charge in [0.25, 0.3) is 0 Å². The number of benzene rings is 1. The van der Waals surface area contributed by atoms with Crippen LogP contribution in [0.15, 0.2) is 46.1 Å². The van der Waals surface area contributed by atoms with Gasteiger partial charge in [0.1, 0.15) is 11.3 Å². The fourth-order valence-corrected chi connectivity index (χ4v) is 5.12. The number of aliphatic hydroxyl groups is 1. The van der Waals surface area contributed by atoms with Crippen molar-refractivity contribution in [3.05, 3.63) is 69.1 Å². The lowest BCUT2D eigenvalue weighted by molar-refractivity contribution is 0.0583. The minimum atomic E-state index is -3.35. The molecule has 174 valence electrons. The maximum Gasteiger partial charge on any atom is 0.355 e. The highest BCUT2D eigenvalue weighted by Crippen LogP contribution is 2.34. The van der Waals surface area contributed by atoms with E-state index in [-0.39, 0.29) is 34.0 Å². The predicted molar refractivity (Wildman–Crippen MR) is 123 cm³/mol. The minimum absolute atomic E-state index is 0.117. The molecule has 0 amide bonds. The van der Waals surface area contributed by atoms with Gasteiger partial charge in [-0.05, 0) is 56.0 Å².